The molecule has 0 unspecified atom stereocenters. The third-order valence-electron chi connectivity index (χ3n) is 6.73. The molecule has 1 fully saturated rings. The lowest BCUT2D eigenvalue weighted by atomic mass is 10.0. The molecule has 34 heavy (non-hydrogen) atoms. The highest BCUT2D eigenvalue weighted by Crippen LogP contribution is 2.42. The fourth-order valence-electron chi connectivity index (χ4n) is 4.42. The van der Waals surface area contributed by atoms with E-state index in [4.69, 9.17) is 0 Å². The van der Waals surface area contributed by atoms with Crippen molar-refractivity contribution in [1.82, 2.24) is 19.7 Å². The minimum absolute atomic E-state index is 0.0275. The molecule has 1 saturated carbocycles. The number of fused-ring (bicyclic) bond motifs is 1. The van der Waals surface area contributed by atoms with Gasteiger partial charge in [-0.1, -0.05) is 24.3 Å². The Kier molecular flexibility index (Phi) is 5.65. The van der Waals surface area contributed by atoms with E-state index in [1.165, 1.54) is 32.3 Å². The topological polar surface area (TPSA) is 81.0 Å². The van der Waals surface area contributed by atoms with Crippen molar-refractivity contribution < 1.29 is 0 Å². The van der Waals surface area contributed by atoms with Crippen molar-refractivity contribution >= 4 is 27.9 Å². The van der Waals surface area contributed by atoms with Gasteiger partial charge in [0.05, 0.1) is 11.4 Å². The summed E-state index contributed by atoms with van der Waals surface area (Å²) in [6.07, 6.45) is 3.73. The zero-order chi connectivity index (χ0) is 24.0. The van der Waals surface area contributed by atoms with E-state index < -0.39 is 0 Å². The van der Waals surface area contributed by atoms with Crippen LogP contribution in [-0.2, 0) is 19.1 Å². The van der Waals surface area contributed by atoms with Crippen LogP contribution in [0.15, 0.2) is 57.6 Å². The molecule has 1 atom stereocenters. The summed E-state index contributed by atoms with van der Waals surface area (Å²) in [6, 6.07) is 12.1. The van der Waals surface area contributed by atoms with Crippen LogP contribution in [0.3, 0.4) is 0 Å². The van der Waals surface area contributed by atoms with E-state index in [-0.39, 0.29) is 22.7 Å². The zero-order valence-corrected chi connectivity index (χ0v) is 20.7. The predicted octanol–water partition coefficient (Wildman–Crippen LogP) is 4.23. The standard InChI is InChI=1S/C26H29N5O2S/c1-16(22-11-18(15-34-22)19-8-6-5-7-17(19)13-27-3)28-24-21-14-31(26(2)9-10-26)23(32)12-20(21)25(33)30(4)29-24/h5-8,11-12,14-16,27H,9-10,13H2,1-4H3,(H,28,29)/t16-/m1/s1. The Labute approximate surface area is 202 Å². The first-order chi connectivity index (χ1) is 16.3. The molecule has 2 N–H and O–H groups in total. The first-order valence-electron chi connectivity index (χ1n) is 11.5. The molecule has 4 aromatic rings. The zero-order valence-electron chi connectivity index (χ0n) is 19.9. The van der Waals surface area contributed by atoms with Crippen molar-refractivity contribution in [3.8, 4) is 11.1 Å². The van der Waals surface area contributed by atoms with Gasteiger partial charge in [-0.25, -0.2) is 4.68 Å². The first-order valence-corrected chi connectivity index (χ1v) is 12.4. The summed E-state index contributed by atoms with van der Waals surface area (Å²) in [7, 11) is 3.57. The van der Waals surface area contributed by atoms with Crippen LogP contribution in [0.2, 0.25) is 0 Å². The highest BCUT2D eigenvalue weighted by Gasteiger charge is 2.40. The smallest absolute Gasteiger partial charge is 0.274 e. The number of thiophene rings is 1. The predicted molar refractivity (Wildman–Crippen MR) is 139 cm³/mol. The molecule has 176 valence electrons. The molecule has 0 aliphatic heterocycles. The van der Waals surface area contributed by atoms with Crippen molar-refractivity contribution in [2.75, 3.05) is 12.4 Å². The number of anilines is 1. The largest absolute Gasteiger partial charge is 0.361 e. The van der Waals surface area contributed by atoms with E-state index in [0.717, 1.165) is 19.4 Å². The van der Waals surface area contributed by atoms with Gasteiger partial charge in [-0.2, -0.15) is 5.10 Å². The molecular weight excluding hydrogens is 446 g/mol. The molecule has 0 bridgehead atoms. The maximum absolute atomic E-state index is 12.7. The number of nitrogens with zero attached hydrogens (tertiary/aromatic N) is 3. The average Bonchev–Trinajstić information content (AvgIpc) is 3.37. The molecular formula is C26H29N5O2S. The molecule has 1 aliphatic carbocycles. The SMILES string of the molecule is CNCc1ccccc1-c1csc([C@@H](C)Nc2nn(C)c(=O)c3cc(=O)n(C4(C)CC4)cc23)c1. The van der Waals surface area contributed by atoms with Gasteiger partial charge in [-0.3, -0.25) is 9.59 Å². The second-order valence-electron chi connectivity index (χ2n) is 9.37. The quantitative estimate of drug-likeness (QED) is 0.418. The summed E-state index contributed by atoms with van der Waals surface area (Å²) < 4.78 is 3.06. The first kappa shape index (κ1) is 22.6. The fourth-order valence-corrected chi connectivity index (χ4v) is 5.33. The van der Waals surface area contributed by atoms with E-state index in [9.17, 15) is 9.59 Å². The molecule has 5 rings (SSSR count). The molecule has 1 aliphatic rings. The molecule has 3 aromatic heterocycles. The van der Waals surface area contributed by atoms with Gasteiger partial charge in [0, 0.05) is 41.7 Å². The van der Waals surface area contributed by atoms with Crippen LogP contribution in [0, 0.1) is 0 Å². The summed E-state index contributed by atoms with van der Waals surface area (Å²) in [5.74, 6) is 0.605. The summed E-state index contributed by atoms with van der Waals surface area (Å²) in [5.41, 5.74) is 3.09. The molecule has 0 saturated heterocycles. The maximum atomic E-state index is 12.7. The van der Waals surface area contributed by atoms with Gasteiger partial charge in [0.1, 0.15) is 0 Å². The average molecular weight is 476 g/mol. The lowest BCUT2D eigenvalue weighted by molar-refractivity contribution is 0.516. The lowest BCUT2D eigenvalue weighted by Gasteiger charge is -2.18. The molecule has 0 amide bonds. The maximum Gasteiger partial charge on any atom is 0.274 e. The molecule has 8 heteroatoms. The summed E-state index contributed by atoms with van der Waals surface area (Å²) in [5, 5.41) is 14.5. The number of hydrogen-bond acceptors (Lipinski definition) is 6. The van der Waals surface area contributed by atoms with E-state index in [0.29, 0.717) is 16.6 Å². The molecule has 7 nitrogen and oxygen atoms in total. The van der Waals surface area contributed by atoms with Crippen LogP contribution in [0.5, 0.6) is 0 Å². The Balaban J connectivity index is 1.51. The molecule has 1 aromatic carbocycles. The third kappa shape index (κ3) is 3.97. The minimum Gasteiger partial charge on any atom is -0.361 e. The minimum atomic E-state index is -0.266. The Morgan fingerprint density at radius 2 is 1.94 bits per heavy atom. The Bertz CT molecular complexity index is 1500. The molecule has 3 heterocycles. The number of aromatic nitrogens is 3. The second-order valence-corrected chi connectivity index (χ2v) is 10.3. The number of nitrogens with one attached hydrogen (secondary N) is 2. The van der Waals surface area contributed by atoms with Crippen molar-refractivity contribution in [3.05, 3.63) is 79.1 Å². The normalized spacial score (nSPS) is 15.4. The lowest BCUT2D eigenvalue weighted by Crippen LogP contribution is -2.30. The monoisotopic (exact) mass is 475 g/mol. The fraction of sp³-hybridized carbons (Fsp3) is 0.346. The highest BCUT2D eigenvalue weighted by molar-refractivity contribution is 7.10. The van der Waals surface area contributed by atoms with Gasteiger partial charge in [-0.05, 0) is 61.9 Å². The van der Waals surface area contributed by atoms with Gasteiger partial charge in [-0.15, -0.1) is 11.3 Å². The molecule has 0 radical (unpaired) electrons. The van der Waals surface area contributed by atoms with Gasteiger partial charge in [0.2, 0.25) is 0 Å². The van der Waals surface area contributed by atoms with Crippen LogP contribution in [0.25, 0.3) is 21.9 Å². The van der Waals surface area contributed by atoms with E-state index in [2.05, 4.69) is 65.3 Å². The van der Waals surface area contributed by atoms with Crippen LogP contribution >= 0.6 is 11.3 Å². The van der Waals surface area contributed by atoms with Crippen LogP contribution in [0.1, 0.15) is 43.2 Å². The van der Waals surface area contributed by atoms with Crippen LogP contribution in [0.4, 0.5) is 5.82 Å². The summed E-state index contributed by atoms with van der Waals surface area (Å²) in [4.78, 5) is 26.6. The summed E-state index contributed by atoms with van der Waals surface area (Å²) >= 11 is 1.70. The number of benzene rings is 1. The van der Waals surface area contributed by atoms with Crippen molar-refractivity contribution in [3.63, 3.8) is 0 Å². The van der Waals surface area contributed by atoms with Crippen LogP contribution < -0.4 is 21.8 Å². The number of aryl methyl sites for hydroxylation is 1. The number of rotatable bonds is 7. The van der Waals surface area contributed by atoms with E-state index in [1.807, 2.05) is 13.2 Å². The van der Waals surface area contributed by atoms with Crippen molar-refractivity contribution in [1.29, 1.82) is 0 Å². The van der Waals surface area contributed by atoms with Crippen molar-refractivity contribution in [2.45, 2.75) is 44.8 Å². The molecule has 0 spiro atoms. The number of hydrogen-bond donors (Lipinski definition) is 2. The Morgan fingerprint density at radius 3 is 2.68 bits per heavy atom. The van der Waals surface area contributed by atoms with Crippen molar-refractivity contribution in [2.24, 2.45) is 7.05 Å². The third-order valence-corrected chi connectivity index (χ3v) is 7.85. The highest BCUT2D eigenvalue weighted by atomic mass is 32.1. The second kappa shape index (κ2) is 8.52. The van der Waals surface area contributed by atoms with Gasteiger partial charge >= 0.3 is 0 Å². The van der Waals surface area contributed by atoms with Crippen LogP contribution in [-0.4, -0.2) is 21.4 Å². The van der Waals surface area contributed by atoms with Gasteiger partial charge in [0.25, 0.3) is 11.1 Å². The van der Waals surface area contributed by atoms with Gasteiger partial charge < -0.3 is 15.2 Å². The van der Waals surface area contributed by atoms with E-state index in [1.54, 1.807) is 23.0 Å². The van der Waals surface area contributed by atoms with E-state index >= 15 is 0 Å². The summed E-state index contributed by atoms with van der Waals surface area (Å²) in [6.45, 7) is 4.97. The number of pyridine rings is 1. The Morgan fingerprint density at radius 1 is 1.18 bits per heavy atom. The Hall–Kier alpha value is -3.23. The van der Waals surface area contributed by atoms with Gasteiger partial charge in [0.15, 0.2) is 5.82 Å².